The first-order valence-corrected chi connectivity index (χ1v) is 10.3. The van der Waals surface area contributed by atoms with E-state index in [1.54, 1.807) is 6.26 Å². The summed E-state index contributed by atoms with van der Waals surface area (Å²) in [6, 6.07) is 13.6. The molecule has 0 bridgehead atoms. The molecule has 1 atom stereocenters. The third kappa shape index (κ3) is 4.36. The number of carbonyl (C=O) groups excluding carboxylic acids is 2. The molecule has 6 nitrogen and oxygen atoms in total. The van der Waals surface area contributed by atoms with Crippen LogP contribution < -0.4 is 5.32 Å². The van der Waals surface area contributed by atoms with Gasteiger partial charge in [0.15, 0.2) is 0 Å². The minimum absolute atomic E-state index is 0.0372. The van der Waals surface area contributed by atoms with E-state index in [1.165, 1.54) is 0 Å². The summed E-state index contributed by atoms with van der Waals surface area (Å²) in [6.07, 6.45) is 4.03. The minimum atomic E-state index is -0.0584. The number of H-pyrrole nitrogens is 1. The molecule has 152 valence electrons. The fraction of sp³-hybridized carbons (Fsp3) is 0.391. The first-order valence-electron chi connectivity index (χ1n) is 10.3. The fourth-order valence-electron chi connectivity index (χ4n) is 4.10. The molecule has 2 N–H and O–H groups in total. The number of para-hydroxylation sites is 1. The van der Waals surface area contributed by atoms with E-state index in [0.717, 1.165) is 29.5 Å². The van der Waals surface area contributed by atoms with E-state index < -0.39 is 0 Å². The maximum Gasteiger partial charge on any atom is 0.270 e. The number of hydrogen-bond acceptors (Lipinski definition) is 3. The zero-order valence-electron chi connectivity index (χ0n) is 16.7. The van der Waals surface area contributed by atoms with Gasteiger partial charge in [0, 0.05) is 42.9 Å². The molecule has 0 unspecified atom stereocenters. The van der Waals surface area contributed by atoms with Crippen LogP contribution in [0.15, 0.2) is 53.1 Å². The monoisotopic (exact) mass is 393 g/mol. The molecule has 0 radical (unpaired) electrons. The first kappa shape index (κ1) is 19.3. The zero-order chi connectivity index (χ0) is 20.2. The van der Waals surface area contributed by atoms with Crippen LogP contribution in [0.4, 0.5) is 0 Å². The Balaban J connectivity index is 1.26. The molecule has 2 amide bonds. The van der Waals surface area contributed by atoms with Gasteiger partial charge in [-0.2, -0.15) is 0 Å². The van der Waals surface area contributed by atoms with Gasteiger partial charge in [0.2, 0.25) is 5.91 Å². The minimum Gasteiger partial charge on any atom is -0.469 e. The van der Waals surface area contributed by atoms with Crippen molar-refractivity contribution in [2.24, 2.45) is 11.8 Å². The topological polar surface area (TPSA) is 78.3 Å². The predicted octanol–water partition coefficient (Wildman–Crippen LogP) is 3.61. The quantitative estimate of drug-likeness (QED) is 0.672. The summed E-state index contributed by atoms with van der Waals surface area (Å²) in [5.41, 5.74) is 1.61. The molecule has 1 fully saturated rings. The summed E-state index contributed by atoms with van der Waals surface area (Å²) >= 11 is 0. The Bertz CT molecular complexity index is 935. The maximum absolute atomic E-state index is 12.8. The summed E-state index contributed by atoms with van der Waals surface area (Å²) in [5, 5.41) is 4.06. The molecule has 3 aromatic rings. The summed E-state index contributed by atoms with van der Waals surface area (Å²) in [4.78, 5) is 30.4. The van der Waals surface area contributed by atoms with Crippen LogP contribution in [-0.4, -0.2) is 41.3 Å². The van der Waals surface area contributed by atoms with Crippen LogP contribution >= 0.6 is 0 Å². The highest BCUT2D eigenvalue weighted by Crippen LogP contribution is 2.26. The highest BCUT2D eigenvalue weighted by atomic mass is 16.3. The van der Waals surface area contributed by atoms with E-state index in [4.69, 9.17) is 4.42 Å². The van der Waals surface area contributed by atoms with Crippen molar-refractivity contribution in [1.82, 2.24) is 15.2 Å². The zero-order valence-corrected chi connectivity index (χ0v) is 16.7. The second-order valence-corrected chi connectivity index (χ2v) is 7.81. The SMILES string of the molecule is C[C@@H](C(=O)NCCc1ccco1)C1CCN(C(=O)c2cc3ccccc3[nH]2)CC1. The molecule has 2 aromatic heterocycles. The normalized spacial score (nSPS) is 16.1. The number of likely N-dealkylation sites (tertiary alicyclic amines) is 1. The third-order valence-corrected chi connectivity index (χ3v) is 5.96. The lowest BCUT2D eigenvalue weighted by atomic mass is 9.84. The summed E-state index contributed by atoms with van der Waals surface area (Å²) in [7, 11) is 0. The number of furan rings is 1. The average molecular weight is 393 g/mol. The van der Waals surface area contributed by atoms with Gasteiger partial charge in [-0.1, -0.05) is 25.1 Å². The molecule has 0 saturated carbocycles. The molecular weight excluding hydrogens is 366 g/mol. The van der Waals surface area contributed by atoms with Crippen LogP contribution in [0.1, 0.15) is 36.0 Å². The van der Waals surface area contributed by atoms with Gasteiger partial charge in [-0.15, -0.1) is 0 Å². The van der Waals surface area contributed by atoms with Crippen LogP contribution in [0.25, 0.3) is 10.9 Å². The van der Waals surface area contributed by atoms with Crippen molar-refractivity contribution < 1.29 is 14.0 Å². The first-order chi connectivity index (χ1) is 14.1. The molecule has 6 heteroatoms. The molecule has 1 aliphatic rings. The van der Waals surface area contributed by atoms with Gasteiger partial charge in [0.1, 0.15) is 11.5 Å². The lowest BCUT2D eigenvalue weighted by Gasteiger charge is -2.34. The van der Waals surface area contributed by atoms with Gasteiger partial charge in [-0.05, 0) is 43.0 Å². The molecule has 1 saturated heterocycles. The highest BCUT2D eigenvalue weighted by molar-refractivity contribution is 5.98. The number of benzene rings is 1. The number of piperidine rings is 1. The Morgan fingerprint density at radius 1 is 1.21 bits per heavy atom. The van der Waals surface area contributed by atoms with Gasteiger partial charge in [-0.25, -0.2) is 0 Å². The average Bonchev–Trinajstić information content (AvgIpc) is 3.42. The van der Waals surface area contributed by atoms with Gasteiger partial charge in [-0.3, -0.25) is 9.59 Å². The second kappa shape index (κ2) is 8.55. The molecular formula is C23H27N3O3. The number of nitrogens with zero attached hydrogens (tertiary/aromatic N) is 1. The molecule has 29 heavy (non-hydrogen) atoms. The number of amides is 2. The van der Waals surface area contributed by atoms with E-state index in [2.05, 4.69) is 10.3 Å². The van der Waals surface area contributed by atoms with E-state index in [0.29, 0.717) is 37.7 Å². The van der Waals surface area contributed by atoms with Crippen molar-refractivity contribution in [3.05, 3.63) is 60.2 Å². The Kier molecular flexibility index (Phi) is 5.69. The highest BCUT2D eigenvalue weighted by Gasteiger charge is 2.30. The second-order valence-electron chi connectivity index (χ2n) is 7.81. The van der Waals surface area contributed by atoms with E-state index >= 15 is 0 Å². The summed E-state index contributed by atoms with van der Waals surface area (Å²) in [5.74, 6) is 1.23. The number of aromatic nitrogens is 1. The Morgan fingerprint density at radius 3 is 2.72 bits per heavy atom. The van der Waals surface area contributed by atoms with Gasteiger partial charge >= 0.3 is 0 Å². The predicted molar refractivity (Wildman–Crippen MR) is 112 cm³/mol. The Morgan fingerprint density at radius 2 is 2.00 bits per heavy atom. The number of carbonyl (C=O) groups is 2. The Hall–Kier alpha value is -3.02. The molecule has 1 aromatic carbocycles. The lowest BCUT2D eigenvalue weighted by molar-refractivity contribution is -0.126. The van der Waals surface area contributed by atoms with Gasteiger partial charge in [0.05, 0.1) is 6.26 Å². The van der Waals surface area contributed by atoms with Crippen molar-refractivity contribution in [3.63, 3.8) is 0 Å². The molecule has 4 rings (SSSR count). The number of rotatable bonds is 6. The van der Waals surface area contributed by atoms with Crippen LogP contribution in [-0.2, 0) is 11.2 Å². The van der Waals surface area contributed by atoms with Gasteiger partial charge in [0.25, 0.3) is 5.91 Å². The smallest absolute Gasteiger partial charge is 0.270 e. The van der Waals surface area contributed by atoms with E-state index in [-0.39, 0.29) is 17.7 Å². The van der Waals surface area contributed by atoms with E-state index in [1.807, 2.05) is 54.3 Å². The van der Waals surface area contributed by atoms with Crippen LogP contribution in [0.3, 0.4) is 0 Å². The van der Waals surface area contributed by atoms with Crippen molar-refractivity contribution in [1.29, 1.82) is 0 Å². The van der Waals surface area contributed by atoms with E-state index in [9.17, 15) is 9.59 Å². The largest absolute Gasteiger partial charge is 0.469 e. The number of aromatic amines is 1. The fourth-order valence-corrected chi connectivity index (χ4v) is 4.10. The number of hydrogen-bond donors (Lipinski definition) is 2. The third-order valence-electron chi connectivity index (χ3n) is 5.96. The molecule has 0 aliphatic carbocycles. The lowest BCUT2D eigenvalue weighted by Crippen LogP contribution is -2.43. The maximum atomic E-state index is 12.8. The van der Waals surface area contributed by atoms with Crippen molar-refractivity contribution >= 4 is 22.7 Å². The number of fused-ring (bicyclic) bond motifs is 1. The summed E-state index contributed by atoms with van der Waals surface area (Å²) < 4.78 is 5.29. The summed E-state index contributed by atoms with van der Waals surface area (Å²) in [6.45, 7) is 3.93. The number of nitrogens with one attached hydrogen (secondary N) is 2. The van der Waals surface area contributed by atoms with Crippen LogP contribution in [0.2, 0.25) is 0 Å². The van der Waals surface area contributed by atoms with Crippen molar-refractivity contribution in [2.45, 2.75) is 26.2 Å². The van der Waals surface area contributed by atoms with Crippen molar-refractivity contribution in [3.8, 4) is 0 Å². The van der Waals surface area contributed by atoms with Crippen molar-refractivity contribution in [2.75, 3.05) is 19.6 Å². The standard InChI is InChI=1S/C23H27N3O3/c1-16(22(27)24-11-8-19-6-4-14-29-19)17-9-12-26(13-10-17)23(28)21-15-18-5-2-3-7-20(18)25-21/h2-7,14-17,25H,8-13H2,1H3,(H,24,27)/t16-/m1/s1. The molecule has 0 spiro atoms. The van der Waals surface area contributed by atoms with Crippen LogP contribution in [0.5, 0.6) is 0 Å². The van der Waals surface area contributed by atoms with Gasteiger partial charge < -0.3 is 19.6 Å². The Labute approximate surface area is 170 Å². The molecule has 3 heterocycles. The van der Waals surface area contributed by atoms with Crippen LogP contribution in [0, 0.1) is 11.8 Å². The molecule has 1 aliphatic heterocycles.